The number of aromatic nitrogens is 1. The Bertz CT molecular complexity index is 1010. The second-order valence-corrected chi connectivity index (χ2v) is 8.82. The molecule has 2 aromatic rings. The molecule has 12 heteroatoms. The molecular formula is C22H31N5O6S. The molecule has 0 fully saturated rings. The fourth-order valence-corrected chi connectivity index (χ4v) is 3.74. The predicted octanol–water partition coefficient (Wildman–Crippen LogP) is -0.658. The zero-order chi connectivity index (χ0) is 25.3. The van der Waals surface area contributed by atoms with E-state index in [4.69, 9.17) is 5.73 Å². The van der Waals surface area contributed by atoms with Crippen molar-refractivity contribution < 1.29 is 29.4 Å². The van der Waals surface area contributed by atoms with Crippen molar-refractivity contribution in [2.24, 2.45) is 5.73 Å². The van der Waals surface area contributed by atoms with Gasteiger partial charge in [0.2, 0.25) is 17.7 Å². The third-order valence-corrected chi connectivity index (χ3v) is 5.83. The Morgan fingerprint density at radius 2 is 1.65 bits per heavy atom. The number of H-pyrrole nitrogens is 1. The van der Waals surface area contributed by atoms with Crippen LogP contribution in [0.2, 0.25) is 0 Å². The molecule has 186 valence electrons. The van der Waals surface area contributed by atoms with Crippen molar-refractivity contribution >= 4 is 46.4 Å². The minimum absolute atomic E-state index is 0.0514. The van der Waals surface area contributed by atoms with Crippen LogP contribution in [-0.2, 0) is 25.6 Å². The maximum Gasteiger partial charge on any atom is 0.326 e. The highest BCUT2D eigenvalue weighted by atomic mass is 32.2. The van der Waals surface area contributed by atoms with Crippen LogP contribution in [0.4, 0.5) is 0 Å². The molecule has 1 aromatic heterocycles. The number of carboxylic acids is 1. The number of rotatable bonds is 13. The number of aromatic amines is 1. The molecule has 0 radical (unpaired) electrons. The highest BCUT2D eigenvalue weighted by Gasteiger charge is 2.30. The van der Waals surface area contributed by atoms with Gasteiger partial charge in [0.15, 0.2) is 0 Å². The molecule has 0 spiro atoms. The van der Waals surface area contributed by atoms with Crippen LogP contribution in [0.15, 0.2) is 30.5 Å². The van der Waals surface area contributed by atoms with Crippen molar-refractivity contribution in [3.05, 3.63) is 36.0 Å². The zero-order valence-corrected chi connectivity index (χ0v) is 19.9. The average Bonchev–Trinajstić information content (AvgIpc) is 3.21. The van der Waals surface area contributed by atoms with E-state index in [0.29, 0.717) is 5.75 Å². The number of nitrogens with two attached hydrogens (primary N) is 1. The lowest BCUT2D eigenvalue weighted by Crippen LogP contribution is -2.58. The summed E-state index contributed by atoms with van der Waals surface area (Å²) in [5.74, 6) is -2.80. The van der Waals surface area contributed by atoms with Gasteiger partial charge >= 0.3 is 5.97 Å². The molecule has 0 saturated heterocycles. The van der Waals surface area contributed by atoms with Gasteiger partial charge in [-0.1, -0.05) is 18.2 Å². The van der Waals surface area contributed by atoms with Crippen molar-refractivity contribution in [2.45, 2.75) is 43.9 Å². The second kappa shape index (κ2) is 13.0. The van der Waals surface area contributed by atoms with Crippen molar-refractivity contribution in [3.63, 3.8) is 0 Å². The molecule has 11 nitrogen and oxygen atoms in total. The van der Waals surface area contributed by atoms with Gasteiger partial charge in [0, 0.05) is 23.5 Å². The molecule has 0 aliphatic heterocycles. The van der Waals surface area contributed by atoms with Crippen LogP contribution in [0.5, 0.6) is 0 Å². The number of carbonyl (C=O) groups is 4. The first-order valence-corrected chi connectivity index (χ1v) is 12.1. The summed E-state index contributed by atoms with van der Waals surface area (Å²) in [5.41, 5.74) is 7.07. The lowest BCUT2D eigenvalue weighted by atomic mass is 10.0. The van der Waals surface area contributed by atoms with Gasteiger partial charge in [-0.3, -0.25) is 14.4 Å². The fraction of sp³-hybridized carbons (Fsp3) is 0.455. The molecule has 0 aliphatic carbocycles. The number of fused-ring (bicyclic) bond motifs is 1. The number of para-hydroxylation sites is 1. The minimum Gasteiger partial charge on any atom is -0.480 e. The van der Waals surface area contributed by atoms with Gasteiger partial charge in [0.05, 0.1) is 12.6 Å². The molecule has 0 saturated carbocycles. The summed E-state index contributed by atoms with van der Waals surface area (Å²) in [6, 6.07) is 2.88. The van der Waals surface area contributed by atoms with E-state index in [1.165, 1.54) is 18.7 Å². The van der Waals surface area contributed by atoms with E-state index in [2.05, 4.69) is 20.9 Å². The third kappa shape index (κ3) is 7.47. The topological polar surface area (TPSA) is 187 Å². The van der Waals surface area contributed by atoms with Crippen LogP contribution in [0, 0.1) is 0 Å². The van der Waals surface area contributed by atoms with Crippen LogP contribution in [0.25, 0.3) is 10.9 Å². The monoisotopic (exact) mass is 493 g/mol. The molecule has 3 amide bonds. The summed E-state index contributed by atoms with van der Waals surface area (Å²) in [6.07, 6.45) is 3.79. The predicted molar refractivity (Wildman–Crippen MR) is 129 cm³/mol. The first kappa shape index (κ1) is 27.2. The van der Waals surface area contributed by atoms with Crippen LogP contribution < -0.4 is 21.7 Å². The first-order chi connectivity index (χ1) is 16.2. The second-order valence-electron chi connectivity index (χ2n) is 7.84. The summed E-state index contributed by atoms with van der Waals surface area (Å²) in [5, 5.41) is 27.3. The van der Waals surface area contributed by atoms with Gasteiger partial charge in [-0.15, -0.1) is 0 Å². The van der Waals surface area contributed by atoms with E-state index in [1.54, 1.807) is 6.20 Å². The number of amides is 3. The van der Waals surface area contributed by atoms with Gasteiger partial charge in [-0.05, 0) is 37.0 Å². The SMILES string of the molecule is CSCCC(NC(=O)C(Cc1c[nH]c2ccccc12)NC(=O)C(CO)NC(=O)C(C)N)C(=O)O. The first-order valence-electron chi connectivity index (χ1n) is 10.7. The number of carboxylic acid groups (broad SMARTS) is 1. The fourth-order valence-electron chi connectivity index (χ4n) is 3.26. The van der Waals surface area contributed by atoms with E-state index in [0.717, 1.165) is 16.5 Å². The molecule has 8 N–H and O–H groups in total. The Balaban J connectivity index is 2.26. The standard InChI is InChI=1S/C22H31N5O6S/c1-12(23)19(29)27-18(11-28)21(31)26-17(20(30)25-16(22(32)33)7-8-34-2)9-13-10-24-15-6-4-3-5-14(13)15/h3-6,10,12,16-18,24,28H,7-9,11,23H2,1-2H3,(H,25,30)(H,26,31)(H,27,29)(H,32,33). The Morgan fingerprint density at radius 3 is 2.26 bits per heavy atom. The van der Waals surface area contributed by atoms with Gasteiger partial charge < -0.3 is 36.9 Å². The molecule has 4 unspecified atom stereocenters. The Hall–Kier alpha value is -3.09. The third-order valence-electron chi connectivity index (χ3n) is 5.19. The van der Waals surface area contributed by atoms with E-state index < -0.39 is 54.5 Å². The highest BCUT2D eigenvalue weighted by molar-refractivity contribution is 7.98. The molecule has 0 aliphatic rings. The van der Waals surface area contributed by atoms with E-state index in [-0.39, 0.29) is 12.8 Å². The number of thioether (sulfide) groups is 1. The van der Waals surface area contributed by atoms with Gasteiger partial charge in [-0.25, -0.2) is 4.79 Å². The summed E-state index contributed by atoms with van der Waals surface area (Å²) in [4.78, 5) is 52.5. The molecule has 1 heterocycles. The maximum atomic E-state index is 13.1. The van der Waals surface area contributed by atoms with E-state index in [9.17, 15) is 29.4 Å². The smallest absolute Gasteiger partial charge is 0.326 e. The van der Waals surface area contributed by atoms with Crippen LogP contribution in [0.1, 0.15) is 18.9 Å². The number of nitrogens with one attached hydrogen (secondary N) is 4. The van der Waals surface area contributed by atoms with Crippen molar-refractivity contribution in [3.8, 4) is 0 Å². The Kier molecular flexibility index (Phi) is 10.4. The average molecular weight is 494 g/mol. The van der Waals surface area contributed by atoms with Crippen molar-refractivity contribution in [1.82, 2.24) is 20.9 Å². The maximum absolute atomic E-state index is 13.1. The number of aliphatic hydroxyl groups excluding tert-OH is 1. The number of hydrogen-bond donors (Lipinski definition) is 7. The summed E-state index contributed by atoms with van der Waals surface area (Å²) < 4.78 is 0. The normalized spacial score (nSPS) is 14.6. The Labute approximate surface area is 201 Å². The number of benzene rings is 1. The number of aliphatic carboxylic acids is 1. The number of hydrogen-bond acceptors (Lipinski definition) is 7. The largest absolute Gasteiger partial charge is 0.480 e. The lowest BCUT2D eigenvalue weighted by Gasteiger charge is -2.24. The summed E-state index contributed by atoms with van der Waals surface area (Å²) in [6.45, 7) is 0.715. The zero-order valence-electron chi connectivity index (χ0n) is 19.0. The minimum atomic E-state index is -1.33. The summed E-state index contributed by atoms with van der Waals surface area (Å²) in [7, 11) is 0. The van der Waals surface area contributed by atoms with Crippen LogP contribution >= 0.6 is 11.8 Å². The van der Waals surface area contributed by atoms with Crippen molar-refractivity contribution in [1.29, 1.82) is 0 Å². The quantitative estimate of drug-likeness (QED) is 0.192. The van der Waals surface area contributed by atoms with Crippen LogP contribution in [-0.4, -0.2) is 81.7 Å². The number of aliphatic hydroxyl groups is 1. The molecule has 2 rings (SSSR count). The number of carbonyl (C=O) groups excluding carboxylic acids is 3. The molecule has 0 bridgehead atoms. The molecule has 1 aromatic carbocycles. The molecule has 4 atom stereocenters. The molecule has 34 heavy (non-hydrogen) atoms. The highest BCUT2D eigenvalue weighted by Crippen LogP contribution is 2.19. The van der Waals surface area contributed by atoms with E-state index in [1.807, 2.05) is 30.5 Å². The van der Waals surface area contributed by atoms with Crippen LogP contribution in [0.3, 0.4) is 0 Å². The van der Waals surface area contributed by atoms with Gasteiger partial charge in [0.1, 0.15) is 18.1 Å². The lowest BCUT2D eigenvalue weighted by molar-refractivity contribution is -0.142. The Morgan fingerprint density at radius 1 is 1.03 bits per heavy atom. The van der Waals surface area contributed by atoms with Crippen molar-refractivity contribution in [2.75, 3.05) is 18.6 Å². The van der Waals surface area contributed by atoms with Gasteiger partial charge in [0.25, 0.3) is 0 Å². The van der Waals surface area contributed by atoms with E-state index >= 15 is 0 Å². The molecular weight excluding hydrogens is 462 g/mol. The van der Waals surface area contributed by atoms with Gasteiger partial charge in [-0.2, -0.15) is 11.8 Å². The summed E-state index contributed by atoms with van der Waals surface area (Å²) >= 11 is 1.45.